The number of aryl methyl sites for hydroxylation is 1. The van der Waals surface area contributed by atoms with Crippen LogP contribution in [0.2, 0.25) is 0 Å². The highest BCUT2D eigenvalue weighted by molar-refractivity contribution is 5.93. The second-order valence-corrected chi connectivity index (χ2v) is 5.37. The first-order valence-corrected chi connectivity index (χ1v) is 7.24. The van der Waals surface area contributed by atoms with Crippen LogP contribution in [0.25, 0.3) is 0 Å². The Hall–Kier alpha value is -1.29. The van der Waals surface area contributed by atoms with Crippen LogP contribution in [-0.2, 0) is 0 Å². The SMILES string of the molecule is CCN(C(=O)c1occc1C)C1CCCCC1CN. The summed E-state index contributed by atoms with van der Waals surface area (Å²) in [7, 11) is 0. The molecule has 2 rings (SSSR count). The molecule has 1 aliphatic rings. The first kappa shape index (κ1) is 14.1. The maximum absolute atomic E-state index is 12.6. The summed E-state index contributed by atoms with van der Waals surface area (Å²) >= 11 is 0. The van der Waals surface area contributed by atoms with Gasteiger partial charge in [-0.25, -0.2) is 0 Å². The van der Waals surface area contributed by atoms with Gasteiger partial charge < -0.3 is 15.1 Å². The van der Waals surface area contributed by atoms with E-state index < -0.39 is 0 Å². The van der Waals surface area contributed by atoms with Gasteiger partial charge in [0.2, 0.25) is 0 Å². The van der Waals surface area contributed by atoms with Crippen molar-refractivity contribution < 1.29 is 9.21 Å². The normalized spacial score (nSPS) is 23.3. The largest absolute Gasteiger partial charge is 0.459 e. The topological polar surface area (TPSA) is 59.5 Å². The molecule has 1 saturated carbocycles. The molecule has 1 amide bonds. The number of nitrogens with two attached hydrogens (primary N) is 1. The van der Waals surface area contributed by atoms with Gasteiger partial charge in [0, 0.05) is 18.2 Å². The molecule has 1 aliphatic carbocycles. The summed E-state index contributed by atoms with van der Waals surface area (Å²) in [6.45, 7) is 5.30. The van der Waals surface area contributed by atoms with Crippen molar-refractivity contribution in [3.63, 3.8) is 0 Å². The molecule has 0 aromatic carbocycles. The minimum atomic E-state index is 0.00958. The second-order valence-electron chi connectivity index (χ2n) is 5.37. The first-order valence-electron chi connectivity index (χ1n) is 7.24. The summed E-state index contributed by atoms with van der Waals surface area (Å²) in [5, 5.41) is 0. The predicted molar refractivity (Wildman–Crippen MR) is 75.0 cm³/mol. The molecule has 0 radical (unpaired) electrons. The van der Waals surface area contributed by atoms with E-state index in [2.05, 4.69) is 0 Å². The number of carbonyl (C=O) groups excluding carboxylic acids is 1. The van der Waals surface area contributed by atoms with E-state index in [0.717, 1.165) is 18.4 Å². The average Bonchev–Trinajstić information content (AvgIpc) is 2.86. The smallest absolute Gasteiger partial charge is 0.290 e. The summed E-state index contributed by atoms with van der Waals surface area (Å²) in [5.74, 6) is 0.909. The van der Waals surface area contributed by atoms with Crippen LogP contribution < -0.4 is 5.73 Å². The number of carbonyl (C=O) groups is 1. The van der Waals surface area contributed by atoms with Gasteiger partial charge in [0.25, 0.3) is 5.91 Å². The lowest BCUT2D eigenvalue weighted by atomic mass is 9.83. The number of amides is 1. The van der Waals surface area contributed by atoms with E-state index in [0.29, 0.717) is 24.8 Å². The van der Waals surface area contributed by atoms with Gasteiger partial charge in [-0.1, -0.05) is 12.8 Å². The molecule has 1 aromatic heterocycles. The van der Waals surface area contributed by atoms with Crippen molar-refractivity contribution in [1.29, 1.82) is 0 Å². The van der Waals surface area contributed by atoms with Gasteiger partial charge in [-0.3, -0.25) is 4.79 Å². The maximum atomic E-state index is 12.6. The number of hydrogen-bond donors (Lipinski definition) is 1. The molecule has 1 heterocycles. The molecule has 0 aliphatic heterocycles. The minimum Gasteiger partial charge on any atom is -0.459 e. The summed E-state index contributed by atoms with van der Waals surface area (Å²) < 4.78 is 5.35. The van der Waals surface area contributed by atoms with Crippen molar-refractivity contribution >= 4 is 5.91 Å². The van der Waals surface area contributed by atoms with Crippen LogP contribution in [0.15, 0.2) is 16.7 Å². The van der Waals surface area contributed by atoms with Crippen LogP contribution in [0.5, 0.6) is 0 Å². The number of rotatable bonds is 4. The molecule has 2 N–H and O–H groups in total. The van der Waals surface area contributed by atoms with Gasteiger partial charge in [-0.2, -0.15) is 0 Å². The van der Waals surface area contributed by atoms with E-state index in [4.69, 9.17) is 10.2 Å². The Morgan fingerprint density at radius 3 is 2.79 bits per heavy atom. The quantitative estimate of drug-likeness (QED) is 0.909. The molecule has 19 heavy (non-hydrogen) atoms. The van der Waals surface area contributed by atoms with Crippen LogP contribution in [0.4, 0.5) is 0 Å². The molecule has 4 heteroatoms. The Morgan fingerprint density at radius 1 is 1.47 bits per heavy atom. The molecular formula is C15H24N2O2. The molecule has 0 spiro atoms. The molecule has 0 bridgehead atoms. The predicted octanol–water partition coefficient (Wildman–Crippen LogP) is 2.57. The van der Waals surface area contributed by atoms with Crippen molar-refractivity contribution in [2.75, 3.05) is 13.1 Å². The van der Waals surface area contributed by atoms with Crippen LogP contribution in [-0.4, -0.2) is 29.9 Å². The summed E-state index contributed by atoms with van der Waals surface area (Å²) in [6.07, 6.45) is 6.17. The fourth-order valence-corrected chi connectivity index (χ4v) is 3.12. The summed E-state index contributed by atoms with van der Waals surface area (Å²) in [5.41, 5.74) is 6.78. The standard InChI is InChI=1S/C15H24N2O2/c1-3-17(13-7-5-4-6-12(13)10-16)15(18)14-11(2)8-9-19-14/h8-9,12-13H,3-7,10,16H2,1-2H3. The number of nitrogens with zero attached hydrogens (tertiary/aromatic N) is 1. The molecule has 4 nitrogen and oxygen atoms in total. The third kappa shape index (κ3) is 2.84. The van der Waals surface area contributed by atoms with E-state index in [1.165, 1.54) is 12.8 Å². The molecule has 1 aromatic rings. The lowest BCUT2D eigenvalue weighted by Gasteiger charge is -2.38. The van der Waals surface area contributed by atoms with Gasteiger partial charge in [0.1, 0.15) is 0 Å². The van der Waals surface area contributed by atoms with E-state index in [9.17, 15) is 4.79 Å². The maximum Gasteiger partial charge on any atom is 0.290 e. The summed E-state index contributed by atoms with van der Waals surface area (Å²) in [6, 6.07) is 2.10. The first-order chi connectivity index (χ1) is 9.19. The Bertz CT molecular complexity index is 428. The van der Waals surface area contributed by atoms with Crippen molar-refractivity contribution in [3.8, 4) is 0 Å². The second kappa shape index (κ2) is 6.24. The van der Waals surface area contributed by atoms with Gasteiger partial charge in [-0.15, -0.1) is 0 Å². The van der Waals surface area contributed by atoms with E-state index in [-0.39, 0.29) is 11.9 Å². The molecule has 2 unspecified atom stereocenters. The van der Waals surface area contributed by atoms with Crippen molar-refractivity contribution in [3.05, 3.63) is 23.7 Å². The van der Waals surface area contributed by atoms with Gasteiger partial charge in [0.05, 0.1) is 6.26 Å². The zero-order chi connectivity index (χ0) is 13.8. The number of hydrogen-bond acceptors (Lipinski definition) is 3. The fourth-order valence-electron chi connectivity index (χ4n) is 3.12. The van der Waals surface area contributed by atoms with Gasteiger partial charge >= 0.3 is 0 Å². The monoisotopic (exact) mass is 264 g/mol. The average molecular weight is 264 g/mol. The highest BCUT2D eigenvalue weighted by Crippen LogP contribution is 2.29. The lowest BCUT2D eigenvalue weighted by molar-refractivity contribution is 0.0528. The Labute approximate surface area is 114 Å². The van der Waals surface area contributed by atoms with Crippen molar-refractivity contribution in [1.82, 2.24) is 4.90 Å². The van der Waals surface area contributed by atoms with Crippen LogP contribution in [0.1, 0.15) is 48.7 Å². The Morgan fingerprint density at radius 2 is 2.21 bits per heavy atom. The zero-order valence-electron chi connectivity index (χ0n) is 11.9. The van der Waals surface area contributed by atoms with E-state index in [1.54, 1.807) is 6.26 Å². The fraction of sp³-hybridized carbons (Fsp3) is 0.667. The molecule has 2 atom stereocenters. The van der Waals surface area contributed by atoms with Gasteiger partial charge in [0.15, 0.2) is 5.76 Å². The van der Waals surface area contributed by atoms with Crippen molar-refractivity contribution in [2.24, 2.45) is 11.7 Å². The van der Waals surface area contributed by atoms with E-state index >= 15 is 0 Å². The van der Waals surface area contributed by atoms with Crippen LogP contribution >= 0.6 is 0 Å². The summed E-state index contributed by atoms with van der Waals surface area (Å²) in [4.78, 5) is 14.6. The highest BCUT2D eigenvalue weighted by Gasteiger charge is 2.33. The van der Waals surface area contributed by atoms with Crippen LogP contribution in [0.3, 0.4) is 0 Å². The highest BCUT2D eigenvalue weighted by atomic mass is 16.3. The molecule has 106 valence electrons. The zero-order valence-corrected chi connectivity index (χ0v) is 11.9. The lowest BCUT2D eigenvalue weighted by Crippen LogP contribution is -2.48. The minimum absolute atomic E-state index is 0.00958. The van der Waals surface area contributed by atoms with Crippen LogP contribution in [0, 0.1) is 12.8 Å². The Balaban J connectivity index is 2.19. The van der Waals surface area contributed by atoms with Crippen molar-refractivity contribution in [2.45, 2.75) is 45.6 Å². The molecule has 1 fully saturated rings. The third-order valence-corrected chi connectivity index (χ3v) is 4.23. The van der Waals surface area contributed by atoms with E-state index in [1.807, 2.05) is 24.8 Å². The molecular weight excluding hydrogens is 240 g/mol. The Kier molecular flexibility index (Phi) is 4.64. The molecule has 0 saturated heterocycles. The van der Waals surface area contributed by atoms with Gasteiger partial charge in [-0.05, 0) is 45.2 Å². The number of furan rings is 1. The third-order valence-electron chi connectivity index (χ3n) is 4.23.